The van der Waals surface area contributed by atoms with E-state index in [-0.39, 0.29) is 0 Å². The lowest BCUT2D eigenvalue weighted by Crippen LogP contribution is -2.02. The van der Waals surface area contributed by atoms with E-state index in [4.69, 9.17) is 0 Å². The minimum atomic E-state index is 1.14. The predicted molar refractivity (Wildman–Crippen MR) is 88.7 cm³/mol. The van der Waals surface area contributed by atoms with Crippen LogP contribution in [-0.4, -0.2) is 0 Å². The first-order valence-corrected chi connectivity index (χ1v) is 7.52. The second-order valence-corrected chi connectivity index (χ2v) is 6.25. The van der Waals surface area contributed by atoms with Crippen LogP contribution in [0.4, 0.5) is 0 Å². The Morgan fingerprint density at radius 3 is 1.00 bits per heavy atom. The fourth-order valence-electron chi connectivity index (χ4n) is 3.46. The van der Waals surface area contributed by atoms with Crippen molar-refractivity contribution >= 4 is 0 Å². The molecule has 0 aliphatic carbocycles. The lowest BCUT2D eigenvalue weighted by molar-refractivity contribution is 0.916. The van der Waals surface area contributed by atoms with E-state index in [0.29, 0.717) is 0 Å². The van der Waals surface area contributed by atoms with Gasteiger partial charge in [0.1, 0.15) is 0 Å². The summed E-state index contributed by atoms with van der Waals surface area (Å²) in [4.78, 5) is 0. The van der Waals surface area contributed by atoms with Gasteiger partial charge in [-0.2, -0.15) is 0 Å². The maximum Gasteiger partial charge on any atom is -0.0233 e. The van der Waals surface area contributed by atoms with Crippen LogP contribution in [0.15, 0.2) is 24.3 Å². The van der Waals surface area contributed by atoms with Gasteiger partial charge in [0.05, 0.1) is 0 Å². The number of rotatable bonds is 3. The summed E-state index contributed by atoms with van der Waals surface area (Å²) in [5.74, 6) is 0. The van der Waals surface area contributed by atoms with Crippen LogP contribution in [0.2, 0.25) is 0 Å². The monoisotopic (exact) mass is 266 g/mol. The summed E-state index contributed by atoms with van der Waals surface area (Å²) in [6, 6.07) is 9.21. The summed E-state index contributed by atoms with van der Waals surface area (Å²) in [6.45, 7) is 13.3. The van der Waals surface area contributed by atoms with Gasteiger partial charge < -0.3 is 0 Å². The molecular weight excluding hydrogens is 240 g/mol. The Bertz CT molecular complexity index is 529. The van der Waals surface area contributed by atoms with Gasteiger partial charge in [-0.05, 0) is 87.8 Å². The van der Waals surface area contributed by atoms with Gasteiger partial charge in [-0.3, -0.25) is 0 Å². The van der Waals surface area contributed by atoms with Crippen molar-refractivity contribution in [2.24, 2.45) is 0 Å². The third-order valence-corrected chi connectivity index (χ3v) is 4.31. The smallest absolute Gasteiger partial charge is 0.0233 e. The van der Waals surface area contributed by atoms with E-state index in [9.17, 15) is 0 Å². The molecule has 0 saturated heterocycles. The highest BCUT2D eigenvalue weighted by atomic mass is 14.1. The highest BCUT2D eigenvalue weighted by Crippen LogP contribution is 2.22. The molecular formula is C20H26. The van der Waals surface area contributed by atoms with Gasteiger partial charge in [0.15, 0.2) is 0 Å². The molecule has 0 saturated carbocycles. The summed E-state index contributed by atoms with van der Waals surface area (Å²) in [6.07, 6.45) is 2.28. The molecule has 0 atom stereocenters. The SMILES string of the molecule is Cc1cc(C)c(CCc2c(C)cc(C)cc2C)c(C)c1. The maximum atomic E-state index is 2.30. The molecule has 0 amide bonds. The van der Waals surface area contributed by atoms with Crippen molar-refractivity contribution < 1.29 is 0 Å². The zero-order valence-electron chi connectivity index (χ0n) is 13.7. The van der Waals surface area contributed by atoms with Crippen molar-refractivity contribution in [3.63, 3.8) is 0 Å². The largest absolute Gasteiger partial charge is 0.0561 e. The molecule has 2 aromatic carbocycles. The van der Waals surface area contributed by atoms with E-state index in [1.54, 1.807) is 0 Å². The fraction of sp³-hybridized carbons (Fsp3) is 0.400. The van der Waals surface area contributed by atoms with Crippen LogP contribution in [0.1, 0.15) is 44.5 Å². The van der Waals surface area contributed by atoms with Crippen molar-refractivity contribution in [3.05, 3.63) is 68.8 Å². The third kappa shape index (κ3) is 3.12. The molecule has 2 rings (SSSR count). The van der Waals surface area contributed by atoms with Gasteiger partial charge in [0.25, 0.3) is 0 Å². The molecule has 0 aliphatic rings. The predicted octanol–water partition coefficient (Wildman–Crippen LogP) is 5.32. The van der Waals surface area contributed by atoms with Gasteiger partial charge in [0.2, 0.25) is 0 Å². The summed E-state index contributed by atoms with van der Waals surface area (Å²) in [5, 5.41) is 0. The molecule has 2 aromatic rings. The van der Waals surface area contributed by atoms with E-state index in [0.717, 1.165) is 12.8 Å². The number of hydrogen-bond donors (Lipinski definition) is 0. The quantitative estimate of drug-likeness (QED) is 0.705. The molecule has 0 spiro atoms. The third-order valence-electron chi connectivity index (χ3n) is 4.31. The van der Waals surface area contributed by atoms with Crippen LogP contribution in [0, 0.1) is 41.5 Å². The van der Waals surface area contributed by atoms with E-state index < -0.39 is 0 Å². The van der Waals surface area contributed by atoms with E-state index >= 15 is 0 Å². The van der Waals surface area contributed by atoms with Crippen molar-refractivity contribution in [3.8, 4) is 0 Å². The Hall–Kier alpha value is -1.56. The molecule has 0 N–H and O–H groups in total. The minimum absolute atomic E-state index is 1.14. The van der Waals surface area contributed by atoms with E-state index in [1.165, 1.54) is 44.5 Å². The first kappa shape index (κ1) is 14.8. The van der Waals surface area contributed by atoms with E-state index in [1.807, 2.05) is 0 Å². The second kappa shape index (κ2) is 5.83. The normalized spacial score (nSPS) is 10.9. The summed E-state index contributed by atoms with van der Waals surface area (Å²) in [7, 11) is 0. The summed E-state index contributed by atoms with van der Waals surface area (Å²) >= 11 is 0. The minimum Gasteiger partial charge on any atom is -0.0561 e. The average molecular weight is 266 g/mol. The Labute approximate surface area is 123 Å². The van der Waals surface area contributed by atoms with Crippen molar-refractivity contribution in [2.45, 2.75) is 54.4 Å². The molecule has 106 valence electrons. The topological polar surface area (TPSA) is 0 Å². The van der Waals surface area contributed by atoms with Gasteiger partial charge in [-0.1, -0.05) is 35.4 Å². The molecule has 0 bridgehead atoms. The first-order valence-electron chi connectivity index (χ1n) is 7.52. The second-order valence-electron chi connectivity index (χ2n) is 6.25. The number of aryl methyl sites for hydroxylation is 6. The van der Waals surface area contributed by atoms with Crippen molar-refractivity contribution in [2.75, 3.05) is 0 Å². The summed E-state index contributed by atoms with van der Waals surface area (Å²) in [5.41, 5.74) is 11.5. The van der Waals surface area contributed by atoms with E-state index in [2.05, 4.69) is 65.8 Å². The molecule has 0 heteroatoms. The first-order chi connectivity index (χ1) is 9.38. The molecule has 0 fully saturated rings. The molecule has 0 heterocycles. The van der Waals surface area contributed by atoms with Gasteiger partial charge in [-0.15, -0.1) is 0 Å². The Balaban J connectivity index is 2.26. The zero-order valence-corrected chi connectivity index (χ0v) is 13.7. The number of hydrogen-bond acceptors (Lipinski definition) is 0. The standard InChI is InChI=1S/C20H26/c1-13-9-15(3)19(16(4)10-13)7-8-20-17(5)11-14(2)12-18(20)6/h9-12H,7-8H2,1-6H3. The van der Waals surface area contributed by atoms with Crippen LogP contribution in [0.3, 0.4) is 0 Å². The average Bonchev–Trinajstić information content (AvgIpc) is 2.30. The molecule has 20 heavy (non-hydrogen) atoms. The maximum absolute atomic E-state index is 2.30. The molecule has 0 aromatic heterocycles. The van der Waals surface area contributed by atoms with Crippen molar-refractivity contribution in [1.29, 1.82) is 0 Å². The molecule has 0 unspecified atom stereocenters. The van der Waals surface area contributed by atoms with Gasteiger partial charge in [0, 0.05) is 0 Å². The van der Waals surface area contributed by atoms with Gasteiger partial charge in [-0.25, -0.2) is 0 Å². The fourth-order valence-corrected chi connectivity index (χ4v) is 3.46. The van der Waals surface area contributed by atoms with Crippen LogP contribution >= 0.6 is 0 Å². The Morgan fingerprint density at radius 2 is 0.750 bits per heavy atom. The van der Waals surface area contributed by atoms with Crippen LogP contribution in [0.25, 0.3) is 0 Å². The van der Waals surface area contributed by atoms with Crippen LogP contribution < -0.4 is 0 Å². The Morgan fingerprint density at radius 1 is 0.500 bits per heavy atom. The lowest BCUT2D eigenvalue weighted by atomic mass is 9.91. The molecule has 0 nitrogen and oxygen atoms in total. The summed E-state index contributed by atoms with van der Waals surface area (Å²) < 4.78 is 0. The molecule has 0 aliphatic heterocycles. The van der Waals surface area contributed by atoms with Crippen LogP contribution in [0.5, 0.6) is 0 Å². The highest BCUT2D eigenvalue weighted by Gasteiger charge is 2.08. The lowest BCUT2D eigenvalue weighted by Gasteiger charge is -2.14. The Kier molecular flexibility index (Phi) is 4.32. The molecule has 0 radical (unpaired) electrons. The number of benzene rings is 2. The van der Waals surface area contributed by atoms with Gasteiger partial charge >= 0.3 is 0 Å². The van der Waals surface area contributed by atoms with Crippen LogP contribution in [-0.2, 0) is 12.8 Å². The van der Waals surface area contributed by atoms with Crippen molar-refractivity contribution in [1.82, 2.24) is 0 Å². The zero-order chi connectivity index (χ0) is 14.9. The highest BCUT2D eigenvalue weighted by molar-refractivity contribution is 5.41.